The number of benzene rings is 3. The van der Waals surface area contributed by atoms with Crippen molar-refractivity contribution in [2.75, 3.05) is 24.1 Å². The number of hydrogen-bond acceptors (Lipinski definition) is 6. The molecule has 3 aromatic carbocycles. The molecule has 0 aliphatic rings. The highest BCUT2D eigenvalue weighted by molar-refractivity contribution is 7.93. The van der Waals surface area contributed by atoms with E-state index in [1.807, 2.05) is 32.9 Å². The van der Waals surface area contributed by atoms with Crippen molar-refractivity contribution in [1.82, 2.24) is 0 Å². The summed E-state index contributed by atoms with van der Waals surface area (Å²) < 4.78 is 45.7. The molecule has 37 heavy (non-hydrogen) atoms. The van der Waals surface area contributed by atoms with E-state index >= 15 is 0 Å². The highest BCUT2D eigenvalue weighted by Gasteiger charge is 2.33. The Morgan fingerprint density at radius 2 is 1.35 bits per heavy atom. The van der Waals surface area contributed by atoms with Gasteiger partial charge in [-0.1, -0.05) is 43.7 Å². The molecule has 0 aliphatic carbocycles. The fraction of sp³-hybridized carbons (Fsp3) is 0.345. The second kappa shape index (κ2) is 13.1. The molecular weight excluding hydrogens is 490 g/mol. The summed E-state index contributed by atoms with van der Waals surface area (Å²) in [5.74, 6) is 0.270. The number of ether oxygens (including phenoxy) is 3. The summed E-state index contributed by atoms with van der Waals surface area (Å²) in [7, 11) is -4.23. The van der Waals surface area contributed by atoms with Gasteiger partial charge < -0.3 is 14.2 Å². The molecule has 198 valence electrons. The minimum atomic E-state index is -4.23. The lowest BCUT2D eigenvalue weighted by Gasteiger charge is -2.24. The molecule has 0 heterocycles. The van der Waals surface area contributed by atoms with Crippen molar-refractivity contribution >= 4 is 21.6 Å². The second-order valence-electron chi connectivity index (χ2n) is 8.26. The number of unbranched alkanes of at least 4 members (excludes halogenated alkanes) is 1. The van der Waals surface area contributed by atoms with E-state index in [1.165, 1.54) is 24.3 Å². The molecule has 8 heteroatoms. The predicted octanol–water partition coefficient (Wildman–Crippen LogP) is 6.26. The highest BCUT2D eigenvalue weighted by Crippen LogP contribution is 2.40. The largest absolute Gasteiger partial charge is 0.490 e. The summed E-state index contributed by atoms with van der Waals surface area (Å²) in [5, 5.41) is 0. The van der Waals surface area contributed by atoms with E-state index in [4.69, 9.17) is 14.2 Å². The van der Waals surface area contributed by atoms with E-state index in [0.29, 0.717) is 37.1 Å². The van der Waals surface area contributed by atoms with Crippen LogP contribution in [0.4, 0.5) is 5.69 Å². The van der Waals surface area contributed by atoms with E-state index < -0.39 is 15.9 Å². The number of hydrogen-bond donors (Lipinski definition) is 0. The van der Waals surface area contributed by atoms with Gasteiger partial charge in [0.25, 0.3) is 15.9 Å². The van der Waals surface area contributed by atoms with Crippen molar-refractivity contribution in [3.8, 4) is 17.2 Å². The quantitative estimate of drug-likeness (QED) is 0.262. The SMILES string of the molecule is CCCCc1ccc(N(C(=O)c2cc(OCC)c(OCC)c(OCC)c2)S(=O)(=O)c2ccccc2)cc1. The third kappa shape index (κ3) is 6.63. The summed E-state index contributed by atoms with van der Waals surface area (Å²) in [6, 6.07) is 18.0. The van der Waals surface area contributed by atoms with E-state index in [9.17, 15) is 13.2 Å². The van der Waals surface area contributed by atoms with Gasteiger partial charge in [0.1, 0.15) is 0 Å². The maximum atomic E-state index is 14.0. The first-order chi connectivity index (χ1) is 17.9. The Labute approximate surface area is 220 Å². The van der Waals surface area contributed by atoms with Crippen LogP contribution in [-0.4, -0.2) is 34.1 Å². The fourth-order valence-corrected chi connectivity index (χ4v) is 5.31. The van der Waals surface area contributed by atoms with Gasteiger partial charge in [-0.3, -0.25) is 4.79 Å². The van der Waals surface area contributed by atoms with Crippen LogP contribution < -0.4 is 18.5 Å². The van der Waals surface area contributed by atoms with Crippen LogP contribution in [-0.2, 0) is 16.4 Å². The number of amides is 1. The Balaban J connectivity index is 2.17. The Hall–Kier alpha value is -3.52. The first-order valence-corrected chi connectivity index (χ1v) is 14.1. The van der Waals surface area contributed by atoms with Crippen molar-refractivity contribution in [3.63, 3.8) is 0 Å². The third-order valence-corrected chi connectivity index (χ3v) is 7.34. The number of sulfonamides is 1. The molecular formula is C29H35NO6S. The predicted molar refractivity (Wildman–Crippen MR) is 145 cm³/mol. The van der Waals surface area contributed by atoms with Gasteiger partial charge in [0.05, 0.1) is 30.4 Å². The Morgan fingerprint density at radius 3 is 1.86 bits per heavy atom. The number of anilines is 1. The Kier molecular flexibility index (Phi) is 9.97. The van der Waals surface area contributed by atoms with Crippen LogP contribution in [0.15, 0.2) is 71.6 Å². The van der Waals surface area contributed by atoms with Crippen molar-refractivity contribution in [1.29, 1.82) is 0 Å². The number of aryl methyl sites for hydroxylation is 1. The molecule has 3 rings (SSSR count). The normalized spacial score (nSPS) is 11.1. The van der Waals surface area contributed by atoms with Crippen LogP contribution in [0.3, 0.4) is 0 Å². The number of nitrogens with zero attached hydrogens (tertiary/aromatic N) is 1. The topological polar surface area (TPSA) is 82.1 Å². The number of carbonyl (C=O) groups excluding carboxylic acids is 1. The van der Waals surface area contributed by atoms with Gasteiger partial charge in [0.2, 0.25) is 5.75 Å². The molecule has 0 aromatic heterocycles. The molecule has 0 saturated carbocycles. The molecule has 0 atom stereocenters. The lowest BCUT2D eigenvalue weighted by Crippen LogP contribution is -2.37. The standard InChI is InChI=1S/C29H35NO6S/c1-5-9-13-22-16-18-24(19-17-22)30(37(32,33)25-14-11-10-12-15-25)29(31)23-20-26(34-6-2)28(36-8-4)27(21-23)35-7-3/h10-12,14-21H,5-9,13H2,1-4H3. The third-order valence-electron chi connectivity index (χ3n) is 5.61. The van der Waals surface area contributed by atoms with E-state index in [2.05, 4.69) is 6.92 Å². The lowest BCUT2D eigenvalue weighted by molar-refractivity contribution is 0.100. The van der Waals surface area contributed by atoms with E-state index in [-0.39, 0.29) is 16.1 Å². The number of carbonyl (C=O) groups is 1. The average molecular weight is 526 g/mol. The average Bonchev–Trinajstić information content (AvgIpc) is 2.90. The Morgan fingerprint density at radius 1 is 0.784 bits per heavy atom. The van der Waals surface area contributed by atoms with Crippen LogP contribution >= 0.6 is 0 Å². The molecule has 0 radical (unpaired) electrons. The molecule has 1 amide bonds. The van der Waals surface area contributed by atoms with Crippen LogP contribution in [0.2, 0.25) is 0 Å². The second-order valence-corrected chi connectivity index (χ2v) is 10.0. The van der Waals surface area contributed by atoms with Crippen LogP contribution in [0.25, 0.3) is 0 Å². The van der Waals surface area contributed by atoms with Gasteiger partial charge in [-0.25, -0.2) is 8.42 Å². The molecule has 0 fully saturated rings. The molecule has 0 saturated heterocycles. The molecule has 0 bridgehead atoms. The molecule has 3 aromatic rings. The van der Waals surface area contributed by atoms with Gasteiger partial charge in [0, 0.05) is 5.56 Å². The lowest BCUT2D eigenvalue weighted by atomic mass is 10.1. The minimum absolute atomic E-state index is 0.0133. The van der Waals surface area contributed by atoms with Crippen molar-refractivity contribution in [2.45, 2.75) is 51.9 Å². The van der Waals surface area contributed by atoms with Gasteiger partial charge in [-0.15, -0.1) is 0 Å². The van der Waals surface area contributed by atoms with Crippen molar-refractivity contribution in [2.24, 2.45) is 0 Å². The Bertz CT molecular complexity index is 1250. The molecule has 7 nitrogen and oxygen atoms in total. The molecule has 0 N–H and O–H groups in total. The minimum Gasteiger partial charge on any atom is -0.490 e. The molecule has 0 spiro atoms. The monoisotopic (exact) mass is 525 g/mol. The fourth-order valence-electron chi connectivity index (χ4n) is 3.87. The first kappa shape index (κ1) is 28.1. The summed E-state index contributed by atoms with van der Waals surface area (Å²) in [4.78, 5) is 14.0. The van der Waals surface area contributed by atoms with Crippen molar-refractivity contribution < 1.29 is 27.4 Å². The first-order valence-electron chi connectivity index (χ1n) is 12.7. The smallest absolute Gasteiger partial charge is 0.272 e. The zero-order valence-corrected chi connectivity index (χ0v) is 22.7. The van der Waals surface area contributed by atoms with E-state index in [1.54, 1.807) is 30.3 Å². The molecule has 0 aliphatic heterocycles. The van der Waals surface area contributed by atoms with E-state index in [0.717, 1.165) is 29.1 Å². The maximum Gasteiger partial charge on any atom is 0.272 e. The maximum absolute atomic E-state index is 14.0. The van der Waals surface area contributed by atoms with Gasteiger partial charge in [0.15, 0.2) is 11.5 Å². The van der Waals surface area contributed by atoms with Crippen LogP contribution in [0, 0.1) is 0 Å². The van der Waals surface area contributed by atoms with Gasteiger partial charge in [-0.05, 0) is 75.6 Å². The van der Waals surface area contributed by atoms with Gasteiger partial charge in [-0.2, -0.15) is 4.31 Å². The summed E-state index contributed by atoms with van der Waals surface area (Å²) in [6.07, 6.45) is 2.96. The summed E-state index contributed by atoms with van der Waals surface area (Å²) in [5.41, 5.74) is 1.43. The number of rotatable bonds is 13. The summed E-state index contributed by atoms with van der Waals surface area (Å²) in [6.45, 7) is 8.61. The highest BCUT2D eigenvalue weighted by atomic mass is 32.2. The molecule has 0 unspecified atom stereocenters. The van der Waals surface area contributed by atoms with Crippen molar-refractivity contribution in [3.05, 3.63) is 77.9 Å². The zero-order chi connectivity index (χ0) is 26.8. The zero-order valence-electron chi connectivity index (χ0n) is 21.9. The van der Waals surface area contributed by atoms with Crippen LogP contribution in [0.5, 0.6) is 17.2 Å². The van der Waals surface area contributed by atoms with Gasteiger partial charge >= 0.3 is 0 Å². The van der Waals surface area contributed by atoms with Crippen LogP contribution in [0.1, 0.15) is 56.5 Å². The summed E-state index contributed by atoms with van der Waals surface area (Å²) >= 11 is 0.